The minimum absolute atomic E-state index is 0.153. The Morgan fingerprint density at radius 2 is 2.50 bits per heavy atom. The predicted molar refractivity (Wildman–Crippen MR) is 52.5 cm³/mol. The summed E-state index contributed by atoms with van der Waals surface area (Å²) in [5, 5.41) is 0. The van der Waals surface area contributed by atoms with Crippen molar-refractivity contribution in [3.63, 3.8) is 0 Å². The fourth-order valence-corrected chi connectivity index (χ4v) is 1.86. The topological polar surface area (TPSA) is 28.9 Å². The Balaban J connectivity index is 2.03. The van der Waals surface area contributed by atoms with Gasteiger partial charge in [0, 0.05) is 22.5 Å². The summed E-state index contributed by atoms with van der Waals surface area (Å²) in [4.78, 5) is 11.3. The molecule has 0 radical (unpaired) electrons. The maximum absolute atomic E-state index is 11.3. The van der Waals surface area contributed by atoms with Gasteiger partial charge in [0.25, 0.3) is 0 Å². The van der Waals surface area contributed by atoms with Gasteiger partial charge in [-0.3, -0.25) is 0 Å². The lowest BCUT2D eigenvalue weighted by molar-refractivity contribution is -0.735. The molecule has 4 heteroatoms. The molecule has 1 aliphatic heterocycles. The van der Waals surface area contributed by atoms with Crippen molar-refractivity contribution in [2.75, 3.05) is 6.54 Å². The Hall–Kier alpha value is -1.45. The first-order chi connectivity index (χ1) is 6.79. The first-order valence-corrected chi connectivity index (χ1v) is 4.92. The summed E-state index contributed by atoms with van der Waals surface area (Å²) in [5.41, 5.74) is 0. The average Bonchev–Trinajstić information content (AvgIpc) is 2.77. The zero-order valence-electron chi connectivity index (χ0n) is 8.17. The van der Waals surface area contributed by atoms with E-state index in [0.717, 1.165) is 19.4 Å². The molecular formula is C10H15N3O+2. The molecule has 74 valence electrons. The second-order valence-electron chi connectivity index (χ2n) is 3.68. The third-order valence-electron chi connectivity index (χ3n) is 2.67. The normalized spacial score (nSPS) is 21.4. The van der Waals surface area contributed by atoms with Crippen LogP contribution in [0.4, 0.5) is 0 Å². The van der Waals surface area contributed by atoms with Crippen molar-refractivity contribution in [2.24, 2.45) is 0 Å². The van der Waals surface area contributed by atoms with E-state index in [2.05, 4.69) is 6.58 Å². The highest BCUT2D eigenvalue weighted by atomic mass is 16.3. The fraction of sp³-hybridized carbons (Fsp3) is 0.500. The Bertz CT molecular complexity index is 356. The van der Waals surface area contributed by atoms with E-state index in [0.29, 0.717) is 6.54 Å². The number of hydrogen-bond donors (Lipinski definition) is 0. The van der Waals surface area contributed by atoms with Gasteiger partial charge in [-0.2, -0.15) is 0 Å². The minimum Gasteiger partial charge on any atom is -0.229 e. The van der Waals surface area contributed by atoms with Gasteiger partial charge < -0.3 is 0 Å². The fourth-order valence-electron chi connectivity index (χ4n) is 1.86. The monoisotopic (exact) mass is 193 g/mol. The maximum Gasteiger partial charge on any atom is 0.248 e. The van der Waals surface area contributed by atoms with Gasteiger partial charge in [0.05, 0.1) is 6.20 Å². The molecule has 4 nitrogen and oxygen atoms in total. The van der Waals surface area contributed by atoms with E-state index >= 15 is 0 Å². The summed E-state index contributed by atoms with van der Waals surface area (Å²) in [6.07, 6.45) is 9.61. The molecule has 1 aromatic rings. The van der Waals surface area contributed by atoms with Crippen LogP contribution >= 0.6 is 0 Å². The predicted octanol–water partition coefficient (Wildman–Crippen LogP) is 0.817. The molecule has 0 spiro atoms. The van der Waals surface area contributed by atoms with Crippen molar-refractivity contribution in [3.05, 3.63) is 30.2 Å². The minimum atomic E-state index is 0.153. The zero-order valence-corrected chi connectivity index (χ0v) is 8.17. The van der Waals surface area contributed by atoms with Gasteiger partial charge >= 0.3 is 0 Å². The second-order valence-corrected chi connectivity index (χ2v) is 3.68. The molecule has 0 bridgehead atoms. The van der Waals surface area contributed by atoms with E-state index in [1.807, 2.05) is 27.9 Å². The van der Waals surface area contributed by atoms with E-state index in [9.17, 15) is 4.91 Å². The van der Waals surface area contributed by atoms with E-state index in [4.69, 9.17) is 0 Å². The maximum atomic E-state index is 11.3. The Morgan fingerprint density at radius 1 is 1.64 bits per heavy atom. The summed E-state index contributed by atoms with van der Waals surface area (Å²) in [7, 11) is 0. The van der Waals surface area contributed by atoms with Gasteiger partial charge in [-0.25, -0.2) is 9.13 Å². The van der Waals surface area contributed by atoms with Crippen LogP contribution in [-0.2, 0) is 6.54 Å². The SMILES string of the molecule is C=Cn1cc[n+](CC2CCC[N+]2=O)c1. The van der Waals surface area contributed by atoms with Crippen LogP contribution in [0.25, 0.3) is 6.20 Å². The number of aromatic nitrogens is 2. The van der Waals surface area contributed by atoms with Crippen LogP contribution < -0.4 is 4.57 Å². The molecule has 0 aromatic carbocycles. The van der Waals surface area contributed by atoms with E-state index in [1.54, 1.807) is 6.20 Å². The molecule has 0 saturated carbocycles. The van der Waals surface area contributed by atoms with Crippen molar-refractivity contribution >= 4 is 6.20 Å². The van der Waals surface area contributed by atoms with E-state index in [1.165, 1.54) is 4.76 Å². The molecule has 1 aliphatic rings. The molecule has 0 amide bonds. The molecule has 1 atom stereocenters. The highest BCUT2D eigenvalue weighted by Crippen LogP contribution is 2.11. The summed E-state index contributed by atoms with van der Waals surface area (Å²) in [5.74, 6) is 0. The molecule has 1 unspecified atom stereocenters. The number of nitroso groups, excluding NO2 is 1. The van der Waals surface area contributed by atoms with Gasteiger partial charge in [-0.15, -0.1) is 0 Å². The van der Waals surface area contributed by atoms with Crippen molar-refractivity contribution in [2.45, 2.75) is 25.4 Å². The molecule has 1 aromatic heterocycles. The van der Waals surface area contributed by atoms with Crippen LogP contribution in [0.5, 0.6) is 0 Å². The number of hydrogen-bond acceptors (Lipinski definition) is 1. The Labute approximate surface area is 83.0 Å². The average molecular weight is 193 g/mol. The first kappa shape index (κ1) is 9.12. The van der Waals surface area contributed by atoms with Crippen molar-refractivity contribution < 1.29 is 9.33 Å². The van der Waals surface area contributed by atoms with Gasteiger partial charge in [-0.05, 0) is 0 Å². The smallest absolute Gasteiger partial charge is 0.229 e. The van der Waals surface area contributed by atoms with Crippen LogP contribution in [-0.4, -0.2) is 21.9 Å². The highest BCUT2D eigenvalue weighted by Gasteiger charge is 2.33. The molecule has 0 aliphatic carbocycles. The lowest BCUT2D eigenvalue weighted by Crippen LogP contribution is -2.40. The van der Waals surface area contributed by atoms with Gasteiger partial charge in [0.15, 0.2) is 13.1 Å². The molecular weight excluding hydrogens is 178 g/mol. The summed E-state index contributed by atoms with van der Waals surface area (Å²) in [6, 6.07) is 0.153. The molecule has 1 saturated heterocycles. The lowest BCUT2D eigenvalue weighted by Gasteiger charge is -1.96. The van der Waals surface area contributed by atoms with Gasteiger partial charge in [0.2, 0.25) is 12.4 Å². The van der Waals surface area contributed by atoms with E-state index < -0.39 is 0 Å². The first-order valence-electron chi connectivity index (χ1n) is 4.92. The highest BCUT2D eigenvalue weighted by molar-refractivity contribution is 5.13. The largest absolute Gasteiger partial charge is 0.248 e. The van der Waals surface area contributed by atoms with Crippen molar-refractivity contribution in [1.82, 2.24) is 4.57 Å². The van der Waals surface area contributed by atoms with Crippen LogP contribution in [0, 0.1) is 4.91 Å². The standard InChI is InChI=1S/C10H15N3O/c1-2-11-6-7-12(9-11)8-10-4-3-5-13(10)14/h2,6-7,9-10H,1,3-5,8H2/q+2. The van der Waals surface area contributed by atoms with E-state index in [-0.39, 0.29) is 6.04 Å². The Morgan fingerprint density at radius 3 is 3.07 bits per heavy atom. The quantitative estimate of drug-likeness (QED) is 0.653. The summed E-state index contributed by atoms with van der Waals surface area (Å²) in [6.45, 7) is 5.14. The molecule has 2 heterocycles. The molecule has 0 N–H and O–H groups in total. The molecule has 14 heavy (non-hydrogen) atoms. The third-order valence-corrected chi connectivity index (χ3v) is 2.67. The molecule has 1 fully saturated rings. The lowest BCUT2D eigenvalue weighted by atomic mass is 10.2. The van der Waals surface area contributed by atoms with Crippen molar-refractivity contribution in [1.29, 1.82) is 0 Å². The zero-order chi connectivity index (χ0) is 9.97. The Kier molecular flexibility index (Phi) is 2.43. The van der Waals surface area contributed by atoms with Crippen LogP contribution in [0.3, 0.4) is 0 Å². The third kappa shape index (κ3) is 1.73. The number of imidazole rings is 1. The second kappa shape index (κ2) is 3.74. The summed E-state index contributed by atoms with van der Waals surface area (Å²) < 4.78 is 5.10. The van der Waals surface area contributed by atoms with Crippen LogP contribution in [0.1, 0.15) is 12.8 Å². The number of rotatable bonds is 3. The number of nitrogens with zero attached hydrogens (tertiary/aromatic N) is 3. The van der Waals surface area contributed by atoms with Crippen LogP contribution in [0.2, 0.25) is 0 Å². The molecule has 2 rings (SSSR count). The van der Waals surface area contributed by atoms with Gasteiger partial charge in [0.1, 0.15) is 12.4 Å². The van der Waals surface area contributed by atoms with Gasteiger partial charge in [-0.1, -0.05) is 6.58 Å². The van der Waals surface area contributed by atoms with Crippen molar-refractivity contribution in [3.8, 4) is 0 Å². The van der Waals surface area contributed by atoms with Crippen LogP contribution in [0.15, 0.2) is 25.3 Å². The summed E-state index contributed by atoms with van der Waals surface area (Å²) >= 11 is 0.